The first-order chi connectivity index (χ1) is 7.25. The zero-order valence-electron chi connectivity index (χ0n) is 10.1. The Morgan fingerprint density at radius 1 is 1.00 bits per heavy atom. The Morgan fingerprint density at radius 2 is 1.60 bits per heavy atom. The van der Waals surface area contributed by atoms with Gasteiger partial charge in [-0.15, -0.1) is 0 Å². The Hall–Kier alpha value is -0.0800. The number of nitrogens with zero attached hydrogens (tertiary/aromatic N) is 1. The maximum atomic E-state index is 5.94. The Balaban J connectivity index is 1.72. The van der Waals surface area contributed by atoms with Crippen molar-refractivity contribution in [3.63, 3.8) is 0 Å². The van der Waals surface area contributed by atoms with Crippen LogP contribution in [0, 0.1) is 5.92 Å². The highest BCUT2D eigenvalue weighted by Gasteiger charge is 2.24. The third-order valence-electron chi connectivity index (χ3n) is 4.39. The summed E-state index contributed by atoms with van der Waals surface area (Å²) >= 11 is 0. The first-order valence-corrected chi connectivity index (χ1v) is 6.71. The minimum absolute atomic E-state index is 0.487. The molecule has 2 nitrogen and oxygen atoms in total. The molecule has 88 valence electrons. The lowest BCUT2D eigenvalue weighted by atomic mass is 9.90. The van der Waals surface area contributed by atoms with Gasteiger partial charge in [-0.2, -0.15) is 0 Å². The summed E-state index contributed by atoms with van der Waals surface area (Å²) in [4.78, 5) is 2.61. The first-order valence-electron chi connectivity index (χ1n) is 6.71. The van der Waals surface area contributed by atoms with Crippen LogP contribution in [0.3, 0.4) is 0 Å². The van der Waals surface area contributed by atoms with Gasteiger partial charge >= 0.3 is 0 Å². The summed E-state index contributed by atoms with van der Waals surface area (Å²) in [6.45, 7) is 1.33. The zero-order valence-corrected chi connectivity index (χ0v) is 10.1. The Bertz CT molecular complexity index is 179. The Labute approximate surface area is 94.2 Å². The van der Waals surface area contributed by atoms with Crippen molar-refractivity contribution >= 4 is 0 Å². The molecule has 0 radical (unpaired) electrons. The van der Waals surface area contributed by atoms with E-state index < -0.39 is 0 Å². The summed E-state index contributed by atoms with van der Waals surface area (Å²) in [5.74, 6) is 0.991. The average molecular weight is 210 g/mol. The average Bonchev–Trinajstić information content (AvgIpc) is 2.71. The molecule has 2 fully saturated rings. The van der Waals surface area contributed by atoms with Crippen molar-refractivity contribution in [2.24, 2.45) is 11.7 Å². The van der Waals surface area contributed by atoms with Gasteiger partial charge in [0.05, 0.1) is 0 Å². The normalized spacial score (nSPS) is 33.8. The summed E-state index contributed by atoms with van der Waals surface area (Å²) in [5, 5.41) is 0. The van der Waals surface area contributed by atoms with Crippen LogP contribution in [-0.4, -0.2) is 30.6 Å². The van der Waals surface area contributed by atoms with E-state index in [2.05, 4.69) is 11.9 Å². The van der Waals surface area contributed by atoms with Crippen LogP contribution in [-0.2, 0) is 0 Å². The van der Waals surface area contributed by atoms with Gasteiger partial charge in [-0.3, -0.25) is 0 Å². The molecule has 0 amide bonds. The van der Waals surface area contributed by atoms with Crippen molar-refractivity contribution < 1.29 is 0 Å². The van der Waals surface area contributed by atoms with Gasteiger partial charge in [0.1, 0.15) is 0 Å². The highest BCUT2D eigenvalue weighted by atomic mass is 15.1. The van der Waals surface area contributed by atoms with E-state index in [4.69, 9.17) is 5.73 Å². The highest BCUT2D eigenvalue weighted by Crippen LogP contribution is 2.28. The number of hydrogen-bond acceptors (Lipinski definition) is 2. The number of nitrogens with two attached hydrogens (primary N) is 1. The van der Waals surface area contributed by atoms with Gasteiger partial charge in [0, 0.05) is 18.6 Å². The molecule has 0 bridgehead atoms. The van der Waals surface area contributed by atoms with Crippen LogP contribution in [0.2, 0.25) is 0 Å². The van der Waals surface area contributed by atoms with E-state index >= 15 is 0 Å². The van der Waals surface area contributed by atoms with Gasteiger partial charge in [-0.1, -0.05) is 12.8 Å². The van der Waals surface area contributed by atoms with Crippen LogP contribution in [0.1, 0.15) is 51.4 Å². The second-order valence-electron chi connectivity index (χ2n) is 5.66. The Kier molecular flexibility index (Phi) is 4.04. The van der Waals surface area contributed by atoms with Crippen molar-refractivity contribution in [3.8, 4) is 0 Å². The van der Waals surface area contributed by atoms with Crippen molar-refractivity contribution in [2.45, 2.75) is 63.5 Å². The van der Waals surface area contributed by atoms with Gasteiger partial charge in [-0.05, 0) is 51.5 Å². The molecular formula is C13H26N2. The largest absolute Gasteiger partial charge is 0.328 e. The summed E-state index contributed by atoms with van der Waals surface area (Å²) in [5.41, 5.74) is 5.94. The third-order valence-corrected chi connectivity index (χ3v) is 4.39. The molecule has 0 spiro atoms. The van der Waals surface area contributed by atoms with Crippen LogP contribution in [0.15, 0.2) is 0 Å². The van der Waals surface area contributed by atoms with Gasteiger partial charge in [0.15, 0.2) is 0 Å². The van der Waals surface area contributed by atoms with E-state index in [-0.39, 0.29) is 0 Å². The van der Waals surface area contributed by atoms with Crippen LogP contribution in [0.25, 0.3) is 0 Å². The maximum Gasteiger partial charge on any atom is 0.00934 e. The highest BCUT2D eigenvalue weighted by molar-refractivity contribution is 4.81. The van der Waals surface area contributed by atoms with Crippen LogP contribution in [0.5, 0.6) is 0 Å². The molecule has 2 saturated carbocycles. The van der Waals surface area contributed by atoms with E-state index in [1.54, 1.807) is 0 Å². The summed E-state index contributed by atoms with van der Waals surface area (Å²) in [7, 11) is 2.32. The molecule has 0 atom stereocenters. The molecule has 2 aliphatic carbocycles. The second-order valence-corrected chi connectivity index (χ2v) is 5.66. The fraction of sp³-hybridized carbons (Fsp3) is 1.00. The minimum atomic E-state index is 0.487. The van der Waals surface area contributed by atoms with Crippen molar-refractivity contribution in [1.29, 1.82) is 0 Å². The topological polar surface area (TPSA) is 29.3 Å². The Morgan fingerprint density at radius 3 is 2.20 bits per heavy atom. The molecule has 2 N–H and O–H groups in total. The van der Waals surface area contributed by atoms with E-state index in [0.29, 0.717) is 6.04 Å². The smallest absolute Gasteiger partial charge is 0.00934 e. The summed E-state index contributed by atoms with van der Waals surface area (Å²) in [6, 6.07) is 1.31. The summed E-state index contributed by atoms with van der Waals surface area (Å²) < 4.78 is 0. The van der Waals surface area contributed by atoms with Gasteiger partial charge in [0.2, 0.25) is 0 Å². The maximum absolute atomic E-state index is 5.94. The molecular weight excluding hydrogens is 184 g/mol. The lowest BCUT2D eigenvalue weighted by Gasteiger charge is -2.34. The lowest BCUT2D eigenvalue weighted by Crippen LogP contribution is -2.40. The zero-order chi connectivity index (χ0) is 10.7. The fourth-order valence-corrected chi connectivity index (χ4v) is 3.29. The minimum Gasteiger partial charge on any atom is -0.328 e. The molecule has 2 rings (SSSR count). The molecule has 0 aliphatic heterocycles. The first kappa shape index (κ1) is 11.4. The van der Waals surface area contributed by atoms with E-state index in [0.717, 1.165) is 12.0 Å². The van der Waals surface area contributed by atoms with E-state index in [1.807, 2.05) is 0 Å². The SMILES string of the molecule is CN(CC1CCCC1)C1CCC(N)CC1. The molecule has 2 aliphatic rings. The van der Waals surface area contributed by atoms with Gasteiger partial charge in [0.25, 0.3) is 0 Å². The molecule has 0 aromatic heterocycles. The molecule has 0 aromatic rings. The molecule has 0 heterocycles. The molecule has 0 unspecified atom stereocenters. The predicted molar refractivity (Wildman–Crippen MR) is 64.8 cm³/mol. The predicted octanol–water partition coefficient (Wildman–Crippen LogP) is 2.38. The molecule has 15 heavy (non-hydrogen) atoms. The lowest BCUT2D eigenvalue weighted by molar-refractivity contribution is 0.160. The number of rotatable bonds is 3. The molecule has 2 heteroatoms. The van der Waals surface area contributed by atoms with Crippen LogP contribution >= 0.6 is 0 Å². The van der Waals surface area contributed by atoms with Crippen molar-refractivity contribution in [2.75, 3.05) is 13.6 Å². The van der Waals surface area contributed by atoms with Crippen LogP contribution < -0.4 is 5.73 Å². The third kappa shape index (κ3) is 3.18. The fourth-order valence-electron chi connectivity index (χ4n) is 3.29. The van der Waals surface area contributed by atoms with E-state index in [9.17, 15) is 0 Å². The van der Waals surface area contributed by atoms with Crippen molar-refractivity contribution in [3.05, 3.63) is 0 Å². The van der Waals surface area contributed by atoms with Gasteiger partial charge < -0.3 is 10.6 Å². The summed E-state index contributed by atoms with van der Waals surface area (Å²) in [6.07, 6.45) is 11.0. The van der Waals surface area contributed by atoms with Crippen molar-refractivity contribution in [1.82, 2.24) is 4.90 Å². The van der Waals surface area contributed by atoms with E-state index in [1.165, 1.54) is 57.9 Å². The standard InChI is InChI=1S/C13H26N2/c1-15(10-11-4-2-3-5-11)13-8-6-12(14)7-9-13/h11-13H,2-10,14H2,1H3. The molecule has 0 saturated heterocycles. The number of hydrogen-bond donors (Lipinski definition) is 1. The molecule has 0 aromatic carbocycles. The van der Waals surface area contributed by atoms with Crippen LogP contribution in [0.4, 0.5) is 0 Å². The second kappa shape index (κ2) is 5.31. The van der Waals surface area contributed by atoms with Gasteiger partial charge in [-0.25, -0.2) is 0 Å². The quantitative estimate of drug-likeness (QED) is 0.775. The monoisotopic (exact) mass is 210 g/mol.